The summed E-state index contributed by atoms with van der Waals surface area (Å²) >= 11 is 0. The summed E-state index contributed by atoms with van der Waals surface area (Å²) in [5.74, 6) is 0.650. The summed E-state index contributed by atoms with van der Waals surface area (Å²) in [5, 5.41) is 3.75. The fourth-order valence-electron chi connectivity index (χ4n) is 1.95. The van der Waals surface area contributed by atoms with Crippen LogP contribution in [0.4, 0.5) is 0 Å². The molecule has 0 saturated carbocycles. The van der Waals surface area contributed by atoms with Gasteiger partial charge in [-0.1, -0.05) is 5.16 Å². The maximum absolute atomic E-state index is 10.9. The Balaban J connectivity index is 2.12. The van der Waals surface area contributed by atoms with Crippen molar-refractivity contribution >= 4 is 5.91 Å². The molecule has 1 aliphatic heterocycles. The van der Waals surface area contributed by atoms with Crippen molar-refractivity contribution in [2.24, 2.45) is 5.73 Å². The predicted octanol–water partition coefficient (Wildman–Crippen LogP) is -0.589. The number of carbonyl (C=O) groups excluding carboxylic acids is 1. The first-order chi connectivity index (χ1) is 7.99. The lowest BCUT2D eigenvalue weighted by molar-refractivity contribution is -0.132. The molecule has 2 rings (SSSR count). The van der Waals surface area contributed by atoms with Crippen molar-refractivity contribution in [3.63, 3.8) is 0 Å². The third-order valence-electron chi connectivity index (χ3n) is 2.71. The van der Waals surface area contributed by atoms with Crippen LogP contribution < -0.4 is 5.73 Å². The van der Waals surface area contributed by atoms with Gasteiger partial charge in [0.15, 0.2) is 11.4 Å². The number of amides is 1. The highest BCUT2D eigenvalue weighted by atomic mass is 16.5. The third-order valence-corrected chi connectivity index (χ3v) is 2.71. The van der Waals surface area contributed by atoms with Gasteiger partial charge in [-0.3, -0.25) is 9.69 Å². The van der Waals surface area contributed by atoms with E-state index in [1.807, 2.05) is 11.8 Å². The van der Waals surface area contributed by atoms with Gasteiger partial charge >= 0.3 is 0 Å². The van der Waals surface area contributed by atoms with Crippen LogP contribution in [0.15, 0.2) is 4.52 Å². The second-order valence-corrected chi connectivity index (χ2v) is 4.40. The Morgan fingerprint density at radius 3 is 3.00 bits per heavy atom. The average Bonchev–Trinajstić information content (AvgIpc) is 2.64. The van der Waals surface area contributed by atoms with E-state index in [1.54, 1.807) is 6.92 Å². The summed E-state index contributed by atoms with van der Waals surface area (Å²) in [5.41, 5.74) is 4.51. The van der Waals surface area contributed by atoms with Crippen LogP contribution >= 0.6 is 0 Å². The van der Waals surface area contributed by atoms with Crippen molar-refractivity contribution in [1.82, 2.24) is 15.0 Å². The van der Waals surface area contributed by atoms with E-state index < -0.39 is 5.60 Å². The summed E-state index contributed by atoms with van der Waals surface area (Å²) in [4.78, 5) is 17.0. The van der Waals surface area contributed by atoms with Crippen LogP contribution in [0.2, 0.25) is 0 Å². The van der Waals surface area contributed by atoms with Gasteiger partial charge in [-0.25, -0.2) is 0 Å². The zero-order chi connectivity index (χ0) is 12.5. The molecular formula is C10H16N4O3. The van der Waals surface area contributed by atoms with E-state index in [-0.39, 0.29) is 12.5 Å². The molecule has 7 heteroatoms. The Morgan fingerprint density at radius 1 is 1.65 bits per heavy atom. The molecule has 1 saturated heterocycles. The Kier molecular flexibility index (Phi) is 3.12. The molecular weight excluding hydrogens is 224 g/mol. The van der Waals surface area contributed by atoms with Gasteiger partial charge in [0.2, 0.25) is 5.91 Å². The maximum atomic E-state index is 10.9. The number of morpholine rings is 1. The molecule has 2 heterocycles. The Labute approximate surface area is 98.9 Å². The van der Waals surface area contributed by atoms with E-state index >= 15 is 0 Å². The second kappa shape index (κ2) is 4.42. The minimum absolute atomic E-state index is 0.214. The zero-order valence-electron chi connectivity index (χ0n) is 9.97. The first-order valence-corrected chi connectivity index (χ1v) is 5.45. The molecule has 94 valence electrons. The van der Waals surface area contributed by atoms with Crippen molar-refractivity contribution in [2.45, 2.75) is 19.4 Å². The molecule has 7 nitrogen and oxygen atoms in total. The fraction of sp³-hybridized carbons (Fsp3) is 0.700. The van der Waals surface area contributed by atoms with Gasteiger partial charge in [0, 0.05) is 13.1 Å². The highest BCUT2D eigenvalue weighted by Gasteiger charge is 2.39. The van der Waals surface area contributed by atoms with Crippen LogP contribution in [0.25, 0.3) is 0 Å². The molecule has 2 N–H and O–H groups in total. The zero-order valence-corrected chi connectivity index (χ0v) is 9.97. The lowest BCUT2D eigenvalue weighted by Gasteiger charge is -2.37. The molecule has 0 bridgehead atoms. The molecule has 1 atom stereocenters. The maximum Gasteiger partial charge on any atom is 0.259 e. The van der Waals surface area contributed by atoms with E-state index in [1.165, 1.54) is 0 Å². The second-order valence-electron chi connectivity index (χ2n) is 4.40. The lowest BCUT2D eigenvalue weighted by Crippen LogP contribution is -2.50. The van der Waals surface area contributed by atoms with Gasteiger partial charge in [0.05, 0.1) is 13.2 Å². The van der Waals surface area contributed by atoms with Gasteiger partial charge in [-0.2, -0.15) is 4.98 Å². The van der Waals surface area contributed by atoms with E-state index in [9.17, 15) is 4.79 Å². The quantitative estimate of drug-likeness (QED) is 0.759. The molecule has 1 aliphatic rings. The highest BCUT2D eigenvalue weighted by Crippen LogP contribution is 2.27. The topological polar surface area (TPSA) is 94.5 Å². The Morgan fingerprint density at radius 2 is 2.41 bits per heavy atom. The molecule has 0 spiro atoms. The van der Waals surface area contributed by atoms with E-state index in [2.05, 4.69) is 10.1 Å². The SMILES string of the molecule is Cc1noc([C@@]2(C)CN(CC(N)=O)CCO2)n1. The van der Waals surface area contributed by atoms with Crippen LogP contribution in [0, 0.1) is 6.92 Å². The van der Waals surface area contributed by atoms with Crippen LogP contribution in [0.3, 0.4) is 0 Å². The van der Waals surface area contributed by atoms with Crippen LogP contribution in [-0.2, 0) is 15.1 Å². The van der Waals surface area contributed by atoms with Crippen molar-refractivity contribution < 1.29 is 14.1 Å². The van der Waals surface area contributed by atoms with Crippen molar-refractivity contribution in [1.29, 1.82) is 0 Å². The number of hydrogen-bond donors (Lipinski definition) is 1. The summed E-state index contributed by atoms with van der Waals surface area (Å²) in [6.45, 7) is 5.52. The number of aromatic nitrogens is 2. The van der Waals surface area contributed by atoms with Crippen molar-refractivity contribution in [2.75, 3.05) is 26.2 Å². The van der Waals surface area contributed by atoms with Crippen molar-refractivity contribution in [3.8, 4) is 0 Å². The summed E-state index contributed by atoms with van der Waals surface area (Å²) < 4.78 is 10.8. The van der Waals surface area contributed by atoms with Gasteiger partial charge < -0.3 is 15.0 Å². The largest absolute Gasteiger partial charge is 0.369 e. The molecule has 0 aliphatic carbocycles. The molecule has 0 unspecified atom stereocenters. The van der Waals surface area contributed by atoms with Crippen LogP contribution in [0.1, 0.15) is 18.6 Å². The molecule has 0 radical (unpaired) electrons. The third kappa shape index (κ3) is 2.62. The standard InChI is InChI=1S/C10H16N4O3/c1-7-12-9(17-13-7)10(2)6-14(3-4-16-10)5-8(11)15/h3-6H2,1-2H3,(H2,11,15)/t10-/m1/s1. The van der Waals surface area contributed by atoms with E-state index in [4.69, 9.17) is 15.0 Å². The normalized spacial score (nSPS) is 26.0. The number of nitrogens with two attached hydrogens (primary N) is 1. The first-order valence-electron chi connectivity index (χ1n) is 5.45. The van der Waals surface area contributed by atoms with Gasteiger partial charge in [0.1, 0.15) is 0 Å². The van der Waals surface area contributed by atoms with Crippen molar-refractivity contribution in [3.05, 3.63) is 11.7 Å². The number of ether oxygens (including phenoxy) is 1. The number of carbonyl (C=O) groups is 1. The number of rotatable bonds is 3. The monoisotopic (exact) mass is 240 g/mol. The number of hydrogen-bond acceptors (Lipinski definition) is 6. The molecule has 1 amide bonds. The molecule has 1 fully saturated rings. The van der Waals surface area contributed by atoms with Crippen LogP contribution in [-0.4, -0.2) is 47.2 Å². The van der Waals surface area contributed by atoms with E-state index in [0.717, 1.165) is 0 Å². The lowest BCUT2D eigenvalue weighted by atomic mass is 10.0. The summed E-state index contributed by atoms with van der Waals surface area (Å²) in [6.07, 6.45) is 0. The Hall–Kier alpha value is -1.47. The summed E-state index contributed by atoms with van der Waals surface area (Å²) in [6, 6.07) is 0. The van der Waals surface area contributed by atoms with Gasteiger partial charge in [0.25, 0.3) is 5.89 Å². The van der Waals surface area contributed by atoms with Crippen LogP contribution in [0.5, 0.6) is 0 Å². The van der Waals surface area contributed by atoms with Gasteiger partial charge in [-0.15, -0.1) is 0 Å². The number of nitrogens with zero attached hydrogens (tertiary/aromatic N) is 3. The fourth-order valence-corrected chi connectivity index (χ4v) is 1.95. The minimum atomic E-state index is -0.672. The number of primary amides is 1. The molecule has 1 aromatic rings. The smallest absolute Gasteiger partial charge is 0.259 e. The van der Waals surface area contributed by atoms with E-state index in [0.29, 0.717) is 31.4 Å². The number of aryl methyl sites for hydroxylation is 1. The molecule has 0 aromatic carbocycles. The first kappa shape index (κ1) is 12.0. The Bertz CT molecular complexity index is 419. The highest BCUT2D eigenvalue weighted by molar-refractivity contribution is 5.75. The van der Waals surface area contributed by atoms with Gasteiger partial charge in [-0.05, 0) is 13.8 Å². The predicted molar refractivity (Wildman–Crippen MR) is 58.0 cm³/mol. The molecule has 17 heavy (non-hydrogen) atoms. The minimum Gasteiger partial charge on any atom is -0.369 e. The molecule has 1 aromatic heterocycles. The average molecular weight is 240 g/mol. The summed E-state index contributed by atoms with van der Waals surface area (Å²) in [7, 11) is 0.